The maximum Gasteiger partial charge on any atom is 0.0545 e. The van der Waals surface area contributed by atoms with Crippen LogP contribution in [0.3, 0.4) is 0 Å². The average molecular weight is 336 g/mol. The molecule has 138 valence electrons. The molecule has 4 saturated heterocycles. The molecule has 0 bridgehead atoms. The van der Waals surface area contributed by atoms with Gasteiger partial charge in [-0.1, -0.05) is 0 Å². The molecule has 2 atom stereocenters. The monoisotopic (exact) mass is 335 g/mol. The molecule has 0 aliphatic carbocycles. The van der Waals surface area contributed by atoms with Gasteiger partial charge in [0.05, 0.1) is 13.2 Å². The summed E-state index contributed by atoms with van der Waals surface area (Å²) in [6.07, 6.45) is 5.46. The normalized spacial score (nSPS) is 36.2. The quantitative estimate of drug-likeness (QED) is 0.857. The smallest absolute Gasteiger partial charge is 0.0545 e. The number of hydrogen-bond acceptors (Lipinski definition) is 4. The number of likely N-dealkylation sites (tertiary alicyclic amines) is 2. The second-order valence-corrected chi connectivity index (χ2v) is 9.80. The summed E-state index contributed by atoms with van der Waals surface area (Å²) in [4.78, 5) is 5.66. The predicted octanol–water partition coefficient (Wildman–Crippen LogP) is 2.34. The van der Waals surface area contributed by atoms with E-state index in [9.17, 15) is 0 Å². The van der Waals surface area contributed by atoms with Gasteiger partial charge in [-0.25, -0.2) is 0 Å². The van der Waals surface area contributed by atoms with Crippen molar-refractivity contribution in [1.82, 2.24) is 15.1 Å². The third-order valence-corrected chi connectivity index (χ3v) is 7.52. The second-order valence-electron chi connectivity index (χ2n) is 9.80. The fourth-order valence-corrected chi connectivity index (χ4v) is 5.84. The number of nitrogens with one attached hydrogen (secondary N) is 1. The zero-order valence-electron chi connectivity index (χ0n) is 16.2. The Morgan fingerprint density at radius 3 is 1.71 bits per heavy atom. The van der Waals surface area contributed by atoms with Crippen molar-refractivity contribution >= 4 is 0 Å². The van der Waals surface area contributed by atoms with Crippen LogP contribution in [-0.4, -0.2) is 73.4 Å². The molecule has 1 N–H and O–H groups in total. The highest BCUT2D eigenvalue weighted by molar-refractivity contribution is 5.07. The van der Waals surface area contributed by atoms with Crippen LogP contribution in [0.2, 0.25) is 0 Å². The van der Waals surface area contributed by atoms with Crippen molar-refractivity contribution < 1.29 is 4.74 Å². The van der Waals surface area contributed by atoms with Gasteiger partial charge in [-0.15, -0.1) is 0 Å². The molecule has 4 fully saturated rings. The zero-order valence-corrected chi connectivity index (χ0v) is 16.2. The predicted molar refractivity (Wildman–Crippen MR) is 98.3 cm³/mol. The molecule has 2 unspecified atom stereocenters. The largest absolute Gasteiger partial charge is 0.380 e. The van der Waals surface area contributed by atoms with Crippen molar-refractivity contribution in [3.05, 3.63) is 0 Å². The maximum absolute atomic E-state index is 5.65. The molecule has 4 rings (SSSR count). The summed E-state index contributed by atoms with van der Waals surface area (Å²) in [6, 6.07) is 2.74. The SMILES string of the molecule is CC(C)N1CCC2(CNC2)CC1C1CC2(CCN1C(C)C)COC2. The molecule has 0 aromatic rings. The fourth-order valence-electron chi connectivity index (χ4n) is 5.84. The van der Waals surface area contributed by atoms with Gasteiger partial charge in [-0.2, -0.15) is 0 Å². The molecule has 24 heavy (non-hydrogen) atoms. The van der Waals surface area contributed by atoms with Gasteiger partial charge in [-0.05, 0) is 71.9 Å². The molecule has 4 heterocycles. The van der Waals surface area contributed by atoms with Crippen LogP contribution in [0.15, 0.2) is 0 Å². The van der Waals surface area contributed by atoms with Gasteiger partial charge in [0.1, 0.15) is 0 Å². The van der Waals surface area contributed by atoms with Gasteiger partial charge in [0.25, 0.3) is 0 Å². The van der Waals surface area contributed by atoms with Crippen LogP contribution < -0.4 is 5.32 Å². The molecule has 0 saturated carbocycles. The lowest BCUT2D eigenvalue weighted by Gasteiger charge is -2.60. The van der Waals surface area contributed by atoms with Crippen LogP contribution in [0.5, 0.6) is 0 Å². The van der Waals surface area contributed by atoms with Crippen molar-refractivity contribution in [2.75, 3.05) is 39.4 Å². The standard InChI is InChI=1S/C20H37N3O/c1-15(2)22-7-5-19(11-21-12-19)9-17(22)18-10-20(13-24-14-20)6-8-23(18)16(3)4/h15-18,21H,5-14H2,1-4H3. The van der Waals surface area contributed by atoms with Crippen molar-refractivity contribution in [3.8, 4) is 0 Å². The minimum atomic E-state index is 0.501. The highest BCUT2D eigenvalue weighted by Gasteiger charge is 2.52. The second kappa shape index (κ2) is 6.22. The van der Waals surface area contributed by atoms with Gasteiger partial charge in [-0.3, -0.25) is 9.80 Å². The van der Waals surface area contributed by atoms with Gasteiger partial charge in [0.2, 0.25) is 0 Å². The molecule has 0 aromatic carbocycles. The fraction of sp³-hybridized carbons (Fsp3) is 1.00. The topological polar surface area (TPSA) is 27.7 Å². The summed E-state index contributed by atoms with van der Waals surface area (Å²) in [5.74, 6) is 0. The highest BCUT2D eigenvalue weighted by Crippen LogP contribution is 2.47. The molecule has 2 spiro atoms. The molecule has 4 heteroatoms. The number of nitrogens with zero attached hydrogens (tertiary/aromatic N) is 2. The number of piperidine rings is 2. The van der Waals surface area contributed by atoms with E-state index in [0.717, 1.165) is 19.3 Å². The van der Waals surface area contributed by atoms with Crippen molar-refractivity contribution in [2.45, 2.75) is 77.5 Å². The Balaban J connectivity index is 1.59. The first-order valence-corrected chi connectivity index (χ1v) is 10.2. The van der Waals surface area contributed by atoms with Crippen LogP contribution in [0, 0.1) is 10.8 Å². The molecular formula is C20H37N3O. The van der Waals surface area contributed by atoms with E-state index in [2.05, 4.69) is 42.8 Å². The van der Waals surface area contributed by atoms with Crippen LogP contribution >= 0.6 is 0 Å². The van der Waals surface area contributed by atoms with Crippen molar-refractivity contribution in [1.29, 1.82) is 0 Å². The van der Waals surface area contributed by atoms with Gasteiger partial charge in [0.15, 0.2) is 0 Å². The summed E-state index contributed by atoms with van der Waals surface area (Å²) in [6.45, 7) is 16.7. The van der Waals surface area contributed by atoms with E-state index in [1.807, 2.05) is 0 Å². The Bertz CT molecular complexity index is 414. The minimum Gasteiger partial charge on any atom is -0.380 e. The van der Waals surface area contributed by atoms with Crippen molar-refractivity contribution in [2.24, 2.45) is 10.8 Å². The lowest BCUT2D eigenvalue weighted by Crippen LogP contribution is -2.68. The average Bonchev–Trinajstić information content (AvgIpc) is 2.50. The lowest BCUT2D eigenvalue weighted by molar-refractivity contribution is -0.168. The van der Waals surface area contributed by atoms with Crippen LogP contribution in [0.4, 0.5) is 0 Å². The van der Waals surface area contributed by atoms with E-state index >= 15 is 0 Å². The van der Waals surface area contributed by atoms with E-state index in [4.69, 9.17) is 4.74 Å². The molecule has 4 aliphatic heterocycles. The third kappa shape index (κ3) is 2.84. The summed E-state index contributed by atoms with van der Waals surface area (Å²) in [5, 5.41) is 3.56. The Kier molecular flexibility index (Phi) is 4.48. The van der Waals surface area contributed by atoms with Crippen LogP contribution in [0.25, 0.3) is 0 Å². The molecule has 0 aromatic heterocycles. The number of ether oxygens (including phenoxy) is 1. The summed E-state index contributed by atoms with van der Waals surface area (Å²) < 4.78 is 5.65. The summed E-state index contributed by atoms with van der Waals surface area (Å²) in [7, 11) is 0. The van der Waals surface area contributed by atoms with Gasteiger partial charge < -0.3 is 10.1 Å². The summed E-state index contributed by atoms with van der Waals surface area (Å²) in [5.41, 5.74) is 1.10. The van der Waals surface area contributed by atoms with Crippen molar-refractivity contribution in [3.63, 3.8) is 0 Å². The van der Waals surface area contributed by atoms with E-state index < -0.39 is 0 Å². The Hall–Kier alpha value is -0.160. The summed E-state index contributed by atoms with van der Waals surface area (Å²) >= 11 is 0. The van der Waals surface area contributed by atoms with E-state index in [1.165, 1.54) is 51.9 Å². The Morgan fingerprint density at radius 1 is 0.833 bits per heavy atom. The molecule has 4 nitrogen and oxygen atoms in total. The zero-order chi connectivity index (χ0) is 16.9. The first-order chi connectivity index (χ1) is 11.4. The van der Waals surface area contributed by atoms with Gasteiger partial charge in [0, 0.05) is 42.7 Å². The van der Waals surface area contributed by atoms with E-state index in [-0.39, 0.29) is 0 Å². The minimum absolute atomic E-state index is 0.501. The van der Waals surface area contributed by atoms with E-state index in [1.54, 1.807) is 0 Å². The Morgan fingerprint density at radius 2 is 1.33 bits per heavy atom. The maximum atomic E-state index is 5.65. The Labute approximate surface area is 148 Å². The van der Waals surface area contributed by atoms with Crippen LogP contribution in [-0.2, 0) is 4.74 Å². The van der Waals surface area contributed by atoms with Gasteiger partial charge >= 0.3 is 0 Å². The molecule has 0 amide bonds. The highest BCUT2D eigenvalue weighted by atomic mass is 16.5. The number of rotatable bonds is 3. The molecule has 4 aliphatic rings. The molecule has 0 radical (unpaired) electrons. The number of hydrogen-bond donors (Lipinski definition) is 1. The van der Waals surface area contributed by atoms with E-state index in [0.29, 0.717) is 29.0 Å². The first kappa shape index (κ1) is 17.3. The first-order valence-electron chi connectivity index (χ1n) is 10.2. The lowest BCUT2D eigenvalue weighted by atomic mass is 9.65. The molecular weight excluding hydrogens is 298 g/mol. The van der Waals surface area contributed by atoms with Crippen LogP contribution in [0.1, 0.15) is 53.4 Å². The third-order valence-electron chi connectivity index (χ3n) is 7.52.